The van der Waals surface area contributed by atoms with Crippen LogP contribution in [0, 0.1) is 13.8 Å². The molecule has 0 unspecified atom stereocenters. The Labute approximate surface area is 162 Å². The Hall–Kier alpha value is -2.86. The zero-order valence-corrected chi connectivity index (χ0v) is 15.9. The van der Waals surface area contributed by atoms with E-state index in [-0.39, 0.29) is 12.5 Å². The normalized spacial score (nSPS) is 12.9. The molecule has 6 nitrogen and oxygen atoms in total. The summed E-state index contributed by atoms with van der Waals surface area (Å²) in [5, 5.41) is 6.71. The largest absolute Gasteiger partial charge is 0.385 e. The van der Waals surface area contributed by atoms with Crippen molar-refractivity contribution < 1.29 is 14.4 Å². The average Bonchev–Trinajstić information content (AvgIpc) is 3.06. The third-order valence-electron chi connectivity index (χ3n) is 4.30. The van der Waals surface area contributed by atoms with Crippen LogP contribution in [0.25, 0.3) is 0 Å². The molecule has 1 heterocycles. The summed E-state index contributed by atoms with van der Waals surface area (Å²) >= 11 is 6.16. The molecule has 140 valence electrons. The van der Waals surface area contributed by atoms with Crippen molar-refractivity contribution >= 4 is 41.0 Å². The van der Waals surface area contributed by atoms with Crippen LogP contribution in [0.1, 0.15) is 16.7 Å². The molecule has 2 aromatic rings. The second kappa shape index (κ2) is 8.22. The first-order valence-corrected chi connectivity index (χ1v) is 8.95. The van der Waals surface area contributed by atoms with Gasteiger partial charge in [-0.2, -0.15) is 0 Å². The minimum atomic E-state index is -0.483. The van der Waals surface area contributed by atoms with E-state index in [1.807, 2.05) is 44.2 Å². The number of amides is 2. The third-order valence-corrected chi connectivity index (χ3v) is 4.60. The Balaban J connectivity index is 1.51. The number of para-hydroxylation sites is 1. The lowest BCUT2D eigenvalue weighted by atomic mass is 10.1. The smallest absolute Gasteiger partial charge is 0.270 e. The van der Waals surface area contributed by atoms with Crippen molar-refractivity contribution in [2.24, 2.45) is 5.16 Å². The van der Waals surface area contributed by atoms with Gasteiger partial charge in [0.2, 0.25) is 0 Å². The van der Waals surface area contributed by atoms with E-state index in [2.05, 4.69) is 10.5 Å². The molecule has 0 aliphatic carbocycles. The maximum absolute atomic E-state index is 12.3. The van der Waals surface area contributed by atoms with Crippen LogP contribution in [0.4, 0.5) is 11.4 Å². The predicted molar refractivity (Wildman–Crippen MR) is 106 cm³/mol. The molecule has 0 saturated carbocycles. The molecule has 7 heteroatoms. The molecule has 1 aliphatic heterocycles. The van der Waals surface area contributed by atoms with Crippen molar-refractivity contribution in [3.63, 3.8) is 0 Å². The highest BCUT2D eigenvalue weighted by Gasteiger charge is 2.24. The Bertz CT molecular complexity index is 888. The number of anilines is 2. The number of hydrogen-bond donors (Lipinski definition) is 1. The van der Waals surface area contributed by atoms with Crippen molar-refractivity contribution in [3.8, 4) is 0 Å². The van der Waals surface area contributed by atoms with Gasteiger partial charge >= 0.3 is 0 Å². The van der Waals surface area contributed by atoms with Crippen molar-refractivity contribution in [3.05, 3.63) is 58.1 Å². The monoisotopic (exact) mass is 385 g/mol. The quantitative estimate of drug-likeness (QED) is 0.632. The number of carbonyl (C=O) groups excluding carboxylic acids is 2. The van der Waals surface area contributed by atoms with Crippen molar-refractivity contribution in [2.45, 2.75) is 20.3 Å². The second-order valence-corrected chi connectivity index (χ2v) is 6.77. The first-order chi connectivity index (χ1) is 13.0. The van der Waals surface area contributed by atoms with E-state index in [0.717, 1.165) is 35.0 Å². The Morgan fingerprint density at radius 2 is 2.07 bits per heavy atom. The van der Waals surface area contributed by atoms with Gasteiger partial charge in [0, 0.05) is 12.2 Å². The van der Waals surface area contributed by atoms with Gasteiger partial charge in [0.25, 0.3) is 11.8 Å². The van der Waals surface area contributed by atoms with Crippen molar-refractivity contribution in [1.82, 2.24) is 0 Å². The molecule has 0 saturated heterocycles. The van der Waals surface area contributed by atoms with Crippen LogP contribution in [0.3, 0.4) is 0 Å². The summed E-state index contributed by atoms with van der Waals surface area (Å²) in [6.45, 7) is 4.17. The van der Waals surface area contributed by atoms with Crippen molar-refractivity contribution in [2.75, 3.05) is 23.4 Å². The molecule has 0 spiro atoms. The van der Waals surface area contributed by atoms with Crippen LogP contribution in [0.5, 0.6) is 0 Å². The van der Waals surface area contributed by atoms with Crippen LogP contribution >= 0.6 is 11.6 Å². The summed E-state index contributed by atoms with van der Waals surface area (Å²) in [6.07, 6.45) is 1.81. The van der Waals surface area contributed by atoms with Crippen LogP contribution in [-0.4, -0.2) is 31.2 Å². The lowest BCUT2D eigenvalue weighted by Gasteiger charge is -2.16. The van der Waals surface area contributed by atoms with Crippen LogP contribution in [0.15, 0.2) is 41.6 Å². The van der Waals surface area contributed by atoms with Gasteiger partial charge in [-0.15, -0.1) is 0 Å². The Morgan fingerprint density at radius 1 is 1.30 bits per heavy atom. The fourth-order valence-corrected chi connectivity index (χ4v) is 3.45. The SMILES string of the molecule is Cc1cc(C)c(NC(=O)/C=N\OCC(=O)N2CCc3ccccc32)c(Cl)c1. The average molecular weight is 386 g/mol. The van der Waals surface area contributed by atoms with Gasteiger partial charge in [0.05, 0.1) is 10.7 Å². The lowest BCUT2D eigenvalue weighted by Crippen LogP contribution is -2.31. The van der Waals surface area contributed by atoms with Crippen molar-refractivity contribution in [1.29, 1.82) is 0 Å². The number of fused-ring (bicyclic) bond motifs is 1. The lowest BCUT2D eigenvalue weighted by molar-refractivity contribution is -0.123. The van der Waals surface area contributed by atoms with E-state index in [1.54, 1.807) is 11.0 Å². The molecule has 1 aliphatic rings. The molecular formula is C20H20ClN3O3. The zero-order valence-electron chi connectivity index (χ0n) is 15.2. The number of aryl methyl sites for hydroxylation is 2. The highest BCUT2D eigenvalue weighted by molar-refractivity contribution is 6.37. The third kappa shape index (κ3) is 4.46. The highest BCUT2D eigenvalue weighted by Crippen LogP contribution is 2.28. The maximum Gasteiger partial charge on any atom is 0.270 e. The van der Waals surface area contributed by atoms with Gasteiger partial charge in [-0.05, 0) is 49.1 Å². The fourth-order valence-electron chi connectivity index (χ4n) is 3.08. The molecule has 0 radical (unpaired) electrons. The highest BCUT2D eigenvalue weighted by atomic mass is 35.5. The Morgan fingerprint density at radius 3 is 2.85 bits per heavy atom. The number of oxime groups is 1. The fraction of sp³-hybridized carbons (Fsp3) is 0.250. The first-order valence-electron chi connectivity index (χ1n) is 8.57. The topological polar surface area (TPSA) is 71.0 Å². The first kappa shape index (κ1) is 18.9. The molecule has 0 atom stereocenters. The van der Waals surface area contributed by atoms with Gasteiger partial charge in [-0.3, -0.25) is 9.59 Å². The summed E-state index contributed by atoms with van der Waals surface area (Å²) in [4.78, 5) is 30.9. The van der Waals surface area contributed by atoms with Gasteiger partial charge in [-0.1, -0.05) is 41.0 Å². The van der Waals surface area contributed by atoms with E-state index < -0.39 is 5.91 Å². The molecule has 1 N–H and O–H groups in total. The van der Waals surface area contributed by atoms with Crippen LogP contribution in [-0.2, 0) is 20.8 Å². The zero-order chi connectivity index (χ0) is 19.4. The number of carbonyl (C=O) groups is 2. The summed E-state index contributed by atoms with van der Waals surface area (Å²) < 4.78 is 0. The maximum atomic E-state index is 12.3. The summed E-state index contributed by atoms with van der Waals surface area (Å²) in [7, 11) is 0. The summed E-state index contributed by atoms with van der Waals surface area (Å²) in [5.74, 6) is -0.683. The molecule has 2 amide bonds. The molecular weight excluding hydrogens is 366 g/mol. The Kier molecular flexibility index (Phi) is 5.76. The van der Waals surface area contributed by atoms with Crippen LogP contribution < -0.4 is 10.2 Å². The summed E-state index contributed by atoms with van der Waals surface area (Å²) in [6, 6.07) is 11.4. The van der Waals surface area contributed by atoms with E-state index in [0.29, 0.717) is 17.3 Å². The van der Waals surface area contributed by atoms with Gasteiger partial charge in [0.15, 0.2) is 6.61 Å². The molecule has 0 aromatic heterocycles. The number of rotatable bonds is 5. The minimum absolute atomic E-state index is 0.199. The predicted octanol–water partition coefficient (Wildman–Crippen LogP) is 3.49. The second-order valence-electron chi connectivity index (χ2n) is 6.36. The number of benzene rings is 2. The molecule has 3 rings (SSSR count). The number of nitrogens with zero attached hydrogens (tertiary/aromatic N) is 2. The van der Waals surface area contributed by atoms with Gasteiger partial charge in [0.1, 0.15) is 6.21 Å². The van der Waals surface area contributed by atoms with E-state index >= 15 is 0 Å². The van der Waals surface area contributed by atoms with Crippen LogP contribution in [0.2, 0.25) is 5.02 Å². The van der Waals surface area contributed by atoms with Gasteiger partial charge in [-0.25, -0.2) is 0 Å². The molecule has 27 heavy (non-hydrogen) atoms. The van der Waals surface area contributed by atoms with E-state index in [1.165, 1.54) is 0 Å². The number of halogens is 1. The number of nitrogens with one attached hydrogen (secondary N) is 1. The minimum Gasteiger partial charge on any atom is -0.385 e. The standard InChI is InChI=1S/C20H20ClN3O3/c1-13-9-14(2)20(16(21)10-13)23-18(25)11-22-27-12-19(26)24-8-7-15-5-3-4-6-17(15)24/h3-6,9-11H,7-8,12H2,1-2H3,(H,23,25)/b22-11-. The van der Waals surface area contributed by atoms with E-state index in [4.69, 9.17) is 16.4 Å². The van der Waals surface area contributed by atoms with Gasteiger partial charge < -0.3 is 15.1 Å². The molecule has 2 aromatic carbocycles. The summed E-state index contributed by atoms with van der Waals surface area (Å²) in [5.41, 5.74) is 4.43. The molecule has 0 fully saturated rings. The van der Waals surface area contributed by atoms with E-state index in [9.17, 15) is 9.59 Å². The molecule has 0 bridgehead atoms. The number of hydrogen-bond acceptors (Lipinski definition) is 4.